The minimum absolute atomic E-state index is 0.0651. The summed E-state index contributed by atoms with van der Waals surface area (Å²) in [5, 5.41) is 11.3. The van der Waals surface area contributed by atoms with E-state index >= 15 is 0 Å². The summed E-state index contributed by atoms with van der Waals surface area (Å²) >= 11 is 0. The van der Waals surface area contributed by atoms with Gasteiger partial charge in [-0.2, -0.15) is 0 Å². The van der Waals surface area contributed by atoms with Crippen LogP contribution in [0.5, 0.6) is 0 Å². The van der Waals surface area contributed by atoms with Gasteiger partial charge < -0.3 is 15.8 Å². The van der Waals surface area contributed by atoms with Gasteiger partial charge in [-0.1, -0.05) is 12.8 Å². The Balaban J connectivity index is 3.24. The molecule has 7 heteroatoms. The molecule has 0 rings (SSSR count). The molecule has 0 aromatic heterocycles. The first kappa shape index (κ1) is 18.4. The van der Waals surface area contributed by atoms with Gasteiger partial charge in [0.05, 0.1) is 6.34 Å². The van der Waals surface area contributed by atoms with E-state index in [0.29, 0.717) is 19.4 Å². The fraction of sp³-hybridized carbons (Fsp3) is 0.769. The highest BCUT2D eigenvalue weighted by atomic mass is 16.4. The summed E-state index contributed by atoms with van der Waals surface area (Å²) in [5.41, 5.74) is 2.33. The van der Waals surface area contributed by atoms with Gasteiger partial charge in [-0.05, 0) is 25.7 Å². The third-order valence-corrected chi connectivity index (χ3v) is 2.75. The summed E-state index contributed by atoms with van der Waals surface area (Å²) in [6.45, 7) is 1.35. The number of carbonyl (C=O) groups excluding carboxylic acids is 1. The maximum Gasteiger partial charge on any atom is 0.303 e. The molecule has 7 nitrogen and oxygen atoms in total. The van der Waals surface area contributed by atoms with Crippen molar-refractivity contribution >= 4 is 18.2 Å². The maximum atomic E-state index is 11.5. The van der Waals surface area contributed by atoms with Gasteiger partial charge in [-0.25, -0.2) is 5.84 Å². The van der Waals surface area contributed by atoms with Crippen LogP contribution in [0, 0.1) is 0 Å². The van der Waals surface area contributed by atoms with Crippen LogP contribution in [-0.2, 0) is 9.59 Å². The Morgan fingerprint density at radius 1 is 1.05 bits per heavy atom. The third-order valence-electron chi connectivity index (χ3n) is 2.75. The minimum atomic E-state index is -0.763. The van der Waals surface area contributed by atoms with Crippen LogP contribution in [0.4, 0.5) is 0 Å². The Morgan fingerprint density at radius 3 is 2.45 bits per heavy atom. The van der Waals surface area contributed by atoms with E-state index in [1.807, 2.05) is 0 Å². The average Bonchev–Trinajstić information content (AvgIpc) is 2.41. The van der Waals surface area contributed by atoms with Gasteiger partial charge in [0.1, 0.15) is 0 Å². The first-order chi connectivity index (χ1) is 9.66. The summed E-state index contributed by atoms with van der Waals surface area (Å²) in [6.07, 6.45) is 7.30. The molecule has 0 saturated heterocycles. The van der Waals surface area contributed by atoms with Gasteiger partial charge >= 0.3 is 5.97 Å². The summed E-state index contributed by atoms with van der Waals surface area (Å²) < 4.78 is 0. The quantitative estimate of drug-likeness (QED) is 0.131. The van der Waals surface area contributed by atoms with E-state index < -0.39 is 5.97 Å². The molecule has 0 aliphatic heterocycles. The number of carbonyl (C=O) groups is 2. The molecule has 0 spiro atoms. The number of nitrogens with one attached hydrogen (secondary N) is 2. The number of hydrazine groups is 1. The second-order valence-electron chi connectivity index (χ2n) is 4.57. The first-order valence-corrected chi connectivity index (χ1v) is 7.09. The number of aliphatic carboxylic acids is 1. The molecule has 20 heavy (non-hydrogen) atoms. The zero-order valence-electron chi connectivity index (χ0n) is 11.9. The van der Waals surface area contributed by atoms with Gasteiger partial charge in [-0.3, -0.25) is 14.6 Å². The molecule has 0 radical (unpaired) electrons. The van der Waals surface area contributed by atoms with E-state index in [2.05, 4.69) is 15.7 Å². The second kappa shape index (κ2) is 13.8. The Kier molecular flexibility index (Phi) is 12.7. The van der Waals surface area contributed by atoms with Crippen LogP contribution in [0.15, 0.2) is 4.99 Å². The maximum absolute atomic E-state index is 11.5. The summed E-state index contributed by atoms with van der Waals surface area (Å²) in [6, 6.07) is 0. The summed E-state index contributed by atoms with van der Waals surface area (Å²) in [7, 11) is 0. The number of nitrogens with zero attached hydrogens (tertiary/aromatic N) is 1. The van der Waals surface area contributed by atoms with Crippen molar-refractivity contribution in [1.82, 2.24) is 10.7 Å². The van der Waals surface area contributed by atoms with Crippen molar-refractivity contribution in [3.8, 4) is 0 Å². The molecule has 0 heterocycles. The zero-order valence-corrected chi connectivity index (χ0v) is 11.9. The number of hydrogen-bond donors (Lipinski definition) is 4. The predicted molar refractivity (Wildman–Crippen MR) is 78.3 cm³/mol. The van der Waals surface area contributed by atoms with E-state index in [0.717, 1.165) is 38.6 Å². The van der Waals surface area contributed by atoms with E-state index in [1.54, 1.807) is 0 Å². The van der Waals surface area contributed by atoms with Crippen molar-refractivity contribution in [2.24, 2.45) is 10.8 Å². The highest BCUT2D eigenvalue weighted by molar-refractivity contribution is 5.75. The highest BCUT2D eigenvalue weighted by Gasteiger charge is 2.01. The molecule has 0 unspecified atom stereocenters. The second-order valence-corrected chi connectivity index (χ2v) is 4.57. The average molecular weight is 286 g/mol. The van der Waals surface area contributed by atoms with Crippen LogP contribution < -0.4 is 16.6 Å². The standard InChI is InChI=1S/C13H26N4O3/c14-17-11-15-9-5-1-3-7-12(18)16-10-6-2-4-8-13(19)20/h11H,1-10,14H2,(H,15,17)(H,16,18)(H,19,20). The van der Waals surface area contributed by atoms with Crippen molar-refractivity contribution < 1.29 is 14.7 Å². The number of unbranched alkanes of at least 4 members (excludes halogenated alkanes) is 4. The summed E-state index contributed by atoms with van der Waals surface area (Å²) in [4.78, 5) is 25.7. The minimum Gasteiger partial charge on any atom is -0.481 e. The smallest absolute Gasteiger partial charge is 0.303 e. The van der Waals surface area contributed by atoms with Crippen LogP contribution in [0.2, 0.25) is 0 Å². The summed E-state index contributed by atoms with van der Waals surface area (Å²) in [5.74, 6) is 4.32. The lowest BCUT2D eigenvalue weighted by molar-refractivity contribution is -0.137. The molecule has 0 aromatic carbocycles. The molecule has 5 N–H and O–H groups in total. The van der Waals surface area contributed by atoms with Crippen LogP contribution in [-0.4, -0.2) is 36.4 Å². The molecule has 0 saturated carbocycles. The lowest BCUT2D eigenvalue weighted by Gasteiger charge is -2.04. The van der Waals surface area contributed by atoms with E-state index in [-0.39, 0.29) is 12.3 Å². The molecule has 0 fully saturated rings. The third kappa shape index (κ3) is 14.4. The lowest BCUT2D eigenvalue weighted by Crippen LogP contribution is -2.24. The number of carboxylic acid groups (broad SMARTS) is 1. The van der Waals surface area contributed by atoms with Crippen molar-refractivity contribution in [3.05, 3.63) is 0 Å². The Morgan fingerprint density at radius 2 is 1.75 bits per heavy atom. The number of carboxylic acids is 1. The topological polar surface area (TPSA) is 117 Å². The number of amides is 1. The van der Waals surface area contributed by atoms with Gasteiger partial charge in [0.25, 0.3) is 0 Å². The Labute approximate surface area is 120 Å². The molecule has 0 atom stereocenters. The van der Waals surface area contributed by atoms with Gasteiger partial charge in [0, 0.05) is 25.9 Å². The van der Waals surface area contributed by atoms with Gasteiger partial charge in [0.2, 0.25) is 5.91 Å². The number of nitrogens with two attached hydrogens (primary N) is 1. The molecule has 1 amide bonds. The van der Waals surface area contributed by atoms with E-state index in [1.165, 1.54) is 6.34 Å². The normalized spacial score (nSPS) is 10.7. The van der Waals surface area contributed by atoms with Crippen LogP contribution in [0.1, 0.15) is 51.4 Å². The van der Waals surface area contributed by atoms with Crippen molar-refractivity contribution in [3.63, 3.8) is 0 Å². The lowest BCUT2D eigenvalue weighted by atomic mass is 10.1. The van der Waals surface area contributed by atoms with Gasteiger partial charge in [-0.15, -0.1) is 0 Å². The number of rotatable bonds is 13. The molecule has 0 aliphatic carbocycles. The number of aliphatic imine (C=N–C) groups is 1. The largest absolute Gasteiger partial charge is 0.481 e. The fourth-order valence-electron chi connectivity index (χ4n) is 1.68. The SMILES string of the molecule is NNC=NCCCCCC(=O)NCCCCCC(=O)O. The molecular weight excluding hydrogens is 260 g/mol. The molecule has 0 aliphatic rings. The van der Waals surface area contributed by atoms with Crippen molar-refractivity contribution in [1.29, 1.82) is 0 Å². The van der Waals surface area contributed by atoms with E-state index in [9.17, 15) is 9.59 Å². The highest BCUT2D eigenvalue weighted by Crippen LogP contribution is 2.01. The molecular formula is C13H26N4O3. The molecule has 0 aromatic rings. The molecule has 0 bridgehead atoms. The van der Waals surface area contributed by atoms with Crippen molar-refractivity contribution in [2.75, 3.05) is 13.1 Å². The predicted octanol–water partition coefficient (Wildman–Crippen LogP) is 0.800. The fourth-order valence-corrected chi connectivity index (χ4v) is 1.68. The van der Waals surface area contributed by atoms with E-state index in [4.69, 9.17) is 10.9 Å². The first-order valence-electron chi connectivity index (χ1n) is 7.09. The van der Waals surface area contributed by atoms with Gasteiger partial charge in [0.15, 0.2) is 0 Å². The molecule has 116 valence electrons. The Hall–Kier alpha value is -1.63. The zero-order chi connectivity index (χ0) is 15.1. The van der Waals surface area contributed by atoms with Crippen LogP contribution >= 0.6 is 0 Å². The Bertz CT molecular complexity index is 295. The van der Waals surface area contributed by atoms with Crippen LogP contribution in [0.3, 0.4) is 0 Å². The number of hydrogen-bond acceptors (Lipinski definition) is 4. The van der Waals surface area contributed by atoms with Crippen LogP contribution in [0.25, 0.3) is 0 Å². The van der Waals surface area contributed by atoms with Crippen molar-refractivity contribution in [2.45, 2.75) is 51.4 Å². The monoisotopic (exact) mass is 286 g/mol.